The van der Waals surface area contributed by atoms with Crippen LogP contribution in [-0.4, -0.2) is 74.8 Å². The number of benzene rings is 2. The zero-order chi connectivity index (χ0) is 36.0. The molecule has 4 atom stereocenters. The highest BCUT2D eigenvalue weighted by molar-refractivity contribution is 7.92. The van der Waals surface area contributed by atoms with Gasteiger partial charge in [-0.15, -0.1) is 0 Å². The third-order valence-corrected chi connectivity index (χ3v) is 10.7. The lowest BCUT2D eigenvalue weighted by molar-refractivity contribution is -0.151. The smallest absolute Gasteiger partial charge is 0.407 e. The number of alkyl carbamates (subject to hydrolysis) is 1. The second-order valence-electron chi connectivity index (χ2n) is 12.6. The number of nitrogens with two attached hydrogens (primary N) is 1. The molecule has 1 fully saturated rings. The maximum atomic E-state index is 14.0. The zero-order valence-electron chi connectivity index (χ0n) is 28.5. The summed E-state index contributed by atoms with van der Waals surface area (Å²) >= 11 is 0. The van der Waals surface area contributed by atoms with Crippen molar-refractivity contribution < 1.29 is 41.1 Å². The van der Waals surface area contributed by atoms with E-state index in [-0.39, 0.29) is 31.0 Å². The van der Waals surface area contributed by atoms with E-state index in [1.165, 1.54) is 0 Å². The van der Waals surface area contributed by atoms with E-state index >= 15 is 0 Å². The molecular weight excluding hydrogens is 658 g/mol. The van der Waals surface area contributed by atoms with Crippen LogP contribution in [0.25, 0.3) is 0 Å². The van der Waals surface area contributed by atoms with Crippen molar-refractivity contribution in [2.24, 2.45) is 5.73 Å². The van der Waals surface area contributed by atoms with E-state index in [0.717, 1.165) is 35.7 Å². The van der Waals surface area contributed by atoms with Crippen molar-refractivity contribution in [2.45, 2.75) is 108 Å². The van der Waals surface area contributed by atoms with Crippen LogP contribution in [0.1, 0.15) is 76.0 Å². The van der Waals surface area contributed by atoms with Crippen LogP contribution in [0.4, 0.5) is 13.6 Å². The minimum Gasteiger partial charge on any atom is -0.458 e. The Bertz CT molecular complexity index is 1480. The molecule has 14 heteroatoms. The molecule has 49 heavy (non-hydrogen) atoms. The van der Waals surface area contributed by atoms with Gasteiger partial charge < -0.3 is 31.2 Å². The van der Waals surface area contributed by atoms with Gasteiger partial charge in [-0.2, -0.15) is 0 Å². The van der Waals surface area contributed by atoms with Crippen molar-refractivity contribution in [3.8, 4) is 0 Å². The van der Waals surface area contributed by atoms with Gasteiger partial charge in [0.1, 0.15) is 30.4 Å². The van der Waals surface area contributed by atoms with E-state index in [0.29, 0.717) is 45.1 Å². The highest BCUT2D eigenvalue weighted by atomic mass is 32.2. The van der Waals surface area contributed by atoms with Crippen LogP contribution in [0.5, 0.6) is 0 Å². The second-order valence-corrected chi connectivity index (χ2v) is 14.9. The monoisotopic (exact) mass is 708 g/mol. The number of esters is 1. The Hall–Kier alpha value is -3.62. The predicted molar refractivity (Wildman–Crippen MR) is 182 cm³/mol. The van der Waals surface area contributed by atoms with Gasteiger partial charge in [-0.1, -0.05) is 57.9 Å². The van der Waals surface area contributed by atoms with Crippen LogP contribution in [0.15, 0.2) is 42.5 Å². The summed E-state index contributed by atoms with van der Waals surface area (Å²) in [5.41, 5.74) is 8.82. The molecule has 1 heterocycles. The summed E-state index contributed by atoms with van der Waals surface area (Å²) in [5, 5.41) is 7.51. The normalized spacial score (nSPS) is 16.6. The SMILES string of the molecule is CCCC(CCC)S(=O)(=O)CC(NC(=O)OC[C@@H]1CCC(=O)N1)C(=O)O[C@H](CNCc1cccc(CC)c1)[C@@H](N)Cc1cc(F)cc(F)c1. The summed E-state index contributed by atoms with van der Waals surface area (Å²) in [5.74, 6) is -3.54. The number of hydrogen-bond donors (Lipinski definition) is 4. The first-order chi connectivity index (χ1) is 23.3. The maximum absolute atomic E-state index is 14.0. The Morgan fingerprint density at radius 3 is 2.31 bits per heavy atom. The van der Waals surface area contributed by atoms with Crippen LogP contribution in [0.3, 0.4) is 0 Å². The Balaban J connectivity index is 1.83. The molecule has 0 radical (unpaired) electrons. The molecule has 0 bridgehead atoms. The van der Waals surface area contributed by atoms with E-state index in [9.17, 15) is 31.6 Å². The van der Waals surface area contributed by atoms with Crippen molar-refractivity contribution in [3.05, 3.63) is 70.8 Å². The molecule has 272 valence electrons. The Kier molecular flexibility index (Phi) is 15.9. The summed E-state index contributed by atoms with van der Waals surface area (Å²) < 4.78 is 66.1. The van der Waals surface area contributed by atoms with E-state index < -0.39 is 68.8 Å². The van der Waals surface area contributed by atoms with Gasteiger partial charge >= 0.3 is 12.1 Å². The minimum atomic E-state index is -3.91. The van der Waals surface area contributed by atoms with E-state index in [2.05, 4.69) is 16.0 Å². The molecule has 1 unspecified atom stereocenters. The first kappa shape index (κ1) is 39.8. The molecule has 2 aromatic rings. The fourth-order valence-electron chi connectivity index (χ4n) is 5.81. The number of hydrogen-bond acceptors (Lipinski definition) is 9. The number of nitrogens with one attached hydrogen (secondary N) is 3. The molecule has 0 spiro atoms. The topological polar surface area (TPSA) is 166 Å². The molecule has 0 saturated carbocycles. The summed E-state index contributed by atoms with van der Waals surface area (Å²) in [6.45, 7) is 6.00. The number of carbonyl (C=O) groups is 3. The molecular formula is C35H50F2N4O7S. The number of rotatable bonds is 20. The van der Waals surface area contributed by atoms with Crippen LogP contribution < -0.4 is 21.7 Å². The summed E-state index contributed by atoms with van der Waals surface area (Å²) in [6, 6.07) is 7.88. The Morgan fingerprint density at radius 2 is 1.69 bits per heavy atom. The first-order valence-electron chi connectivity index (χ1n) is 17.0. The number of ether oxygens (including phenoxy) is 2. The zero-order valence-corrected chi connectivity index (χ0v) is 29.3. The average Bonchev–Trinajstić information content (AvgIpc) is 3.47. The van der Waals surface area contributed by atoms with Crippen molar-refractivity contribution in [3.63, 3.8) is 0 Å². The van der Waals surface area contributed by atoms with Crippen molar-refractivity contribution in [2.75, 3.05) is 18.9 Å². The highest BCUT2D eigenvalue weighted by Crippen LogP contribution is 2.19. The van der Waals surface area contributed by atoms with Crippen LogP contribution in [0.2, 0.25) is 0 Å². The van der Waals surface area contributed by atoms with Gasteiger partial charge in [0, 0.05) is 31.6 Å². The van der Waals surface area contributed by atoms with E-state index in [4.69, 9.17) is 15.2 Å². The number of carbonyl (C=O) groups excluding carboxylic acids is 3. The van der Waals surface area contributed by atoms with Gasteiger partial charge in [0.25, 0.3) is 0 Å². The third kappa shape index (κ3) is 13.3. The van der Waals surface area contributed by atoms with Crippen molar-refractivity contribution in [1.29, 1.82) is 0 Å². The molecule has 1 saturated heterocycles. The Labute approximate surface area is 288 Å². The molecule has 3 rings (SSSR count). The molecule has 5 N–H and O–H groups in total. The largest absolute Gasteiger partial charge is 0.458 e. The molecule has 2 aromatic carbocycles. The van der Waals surface area contributed by atoms with Gasteiger partial charge in [0.05, 0.1) is 17.0 Å². The third-order valence-electron chi connectivity index (χ3n) is 8.42. The molecule has 1 aliphatic heterocycles. The number of sulfone groups is 1. The number of aryl methyl sites for hydroxylation is 1. The van der Waals surface area contributed by atoms with E-state index in [1.807, 2.05) is 45.0 Å². The lowest BCUT2D eigenvalue weighted by Gasteiger charge is -2.28. The lowest BCUT2D eigenvalue weighted by atomic mass is 10.0. The standard InChI is InChI=1S/C35H50F2N4O7S/c1-4-8-29(9-5-2)49(45,46)22-31(41-35(44)47-21-28-12-13-33(42)40-28)34(43)48-32(20-39-19-24-11-7-10-23(6-3)14-24)30(38)17-25-15-26(36)18-27(37)16-25/h7,10-11,14-16,18,28-32,39H,4-6,8-9,12-13,17,19-22,38H2,1-3H3,(H,40,42)(H,41,44)/t28-,30-,31?,32+/m0/s1. The molecule has 2 amide bonds. The van der Waals surface area contributed by atoms with Crippen LogP contribution in [0, 0.1) is 11.6 Å². The lowest BCUT2D eigenvalue weighted by Crippen LogP contribution is -2.52. The fraction of sp³-hybridized carbons (Fsp3) is 0.571. The van der Waals surface area contributed by atoms with E-state index in [1.54, 1.807) is 0 Å². The average molecular weight is 709 g/mol. The van der Waals surface area contributed by atoms with Gasteiger partial charge in [0.2, 0.25) is 5.91 Å². The highest BCUT2D eigenvalue weighted by Gasteiger charge is 2.36. The first-order valence-corrected chi connectivity index (χ1v) is 18.7. The maximum Gasteiger partial charge on any atom is 0.407 e. The summed E-state index contributed by atoms with van der Waals surface area (Å²) in [4.78, 5) is 38.2. The van der Waals surface area contributed by atoms with Gasteiger partial charge in [-0.25, -0.2) is 26.8 Å². The summed E-state index contributed by atoms with van der Waals surface area (Å²) in [6.07, 6.45) is 1.36. The molecule has 1 aliphatic rings. The van der Waals surface area contributed by atoms with Crippen LogP contribution in [-0.2, 0) is 48.3 Å². The molecule has 0 aliphatic carbocycles. The number of amides is 2. The second kappa shape index (κ2) is 19.5. The number of halogens is 2. The van der Waals surface area contributed by atoms with Gasteiger partial charge in [0.15, 0.2) is 9.84 Å². The van der Waals surface area contributed by atoms with Gasteiger partial charge in [-0.3, -0.25) is 4.79 Å². The molecule has 0 aromatic heterocycles. The Morgan fingerprint density at radius 1 is 1.02 bits per heavy atom. The van der Waals surface area contributed by atoms with Crippen molar-refractivity contribution in [1.82, 2.24) is 16.0 Å². The molecule has 11 nitrogen and oxygen atoms in total. The quantitative estimate of drug-likeness (QED) is 0.150. The fourth-order valence-corrected chi connectivity index (χ4v) is 7.96. The van der Waals surface area contributed by atoms with Crippen LogP contribution >= 0.6 is 0 Å². The minimum absolute atomic E-state index is 0.0145. The van der Waals surface area contributed by atoms with Crippen molar-refractivity contribution >= 4 is 27.8 Å². The summed E-state index contributed by atoms with van der Waals surface area (Å²) in [7, 11) is -3.91. The predicted octanol–water partition coefficient (Wildman–Crippen LogP) is 3.86. The van der Waals surface area contributed by atoms with Gasteiger partial charge in [-0.05, 0) is 60.9 Å².